The van der Waals surface area contributed by atoms with Gasteiger partial charge >= 0.3 is 5.97 Å². The average Bonchev–Trinajstić information content (AvgIpc) is 3.16. The highest BCUT2D eigenvalue weighted by atomic mass is 19.1. The van der Waals surface area contributed by atoms with Gasteiger partial charge in [0.25, 0.3) is 5.91 Å². The van der Waals surface area contributed by atoms with E-state index in [1.807, 2.05) is 48.5 Å². The topological polar surface area (TPSA) is 93.4 Å². The molecule has 3 aromatic carbocycles. The Morgan fingerprint density at radius 1 is 1.06 bits per heavy atom. The quantitative estimate of drug-likeness (QED) is 0.335. The molecule has 1 aliphatic heterocycles. The number of fused-ring (bicyclic) bond motifs is 1. The molecular weight excluding hydrogens is 433 g/mol. The van der Waals surface area contributed by atoms with Crippen molar-refractivity contribution in [1.82, 2.24) is 0 Å². The molecule has 3 aromatic rings. The first-order valence-corrected chi connectivity index (χ1v) is 11.1. The van der Waals surface area contributed by atoms with Crippen LogP contribution in [0, 0.1) is 5.82 Å². The van der Waals surface area contributed by atoms with Crippen LogP contribution in [0.4, 0.5) is 15.8 Å². The molecule has 1 amide bonds. The number of amides is 1. The number of benzene rings is 3. The molecule has 0 aromatic heterocycles. The van der Waals surface area contributed by atoms with Crippen LogP contribution in [0.3, 0.4) is 0 Å². The van der Waals surface area contributed by atoms with Crippen LogP contribution in [0.15, 0.2) is 66.7 Å². The van der Waals surface area contributed by atoms with Gasteiger partial charge in [-0.05, 0) is 66.4 Å². The SMILES string of the molecule is CCOC(=O)CCc1cccc(C(Nc2ccc(CN)cc2)=C2C(=O)Nc3cc(F)ccc32)c1. The lowest BCUT2D eigenvalue weighted by atomic mass is 9.97. The van der Waals surface area contributed by atoms with Crippen molar-refractivity contribution in [3.05, 3.63) is 94.8 Å². The summed E-state index contributed by atoms with van der Waals surface area (Å²) in [5.41, 5.74) is 11.2. The highest BCUT2D eigenvalue weighted by Gasteiger charge is 2.29. The third kappa shape index (κ3) is 5.15. The minimum atomic E-state index is -0.423. The number of hydrogen-bond acceptors (Lipinski definition) is 5. The Bertz CT molecular complexity index is 1250. The third-order valence-electron chi connectivity index (χ3n) is 5.57. The molecule has 0 spiro atoms. The van der Waals surface area contributed by atoms with E-state index in [4.69, 9.17) is 10.5 Å². The van der Waals surface area contributed by atoms with Crippen LogP contribution < -0.4 is 16.4 Å². The number of halogens is 1. The molecule has 4 rings (SSSR count). The van der Waals surface area contributed by atoms with Crippen LogP contribution >= 0.6 is 0 Å². The number of aryl methyl sites for hydroxylation is 1. The zero-order valence-electron chi connectivity index (χ0n) is 18.9. The summed E-state index contributed by atoms with van der Waals surface area (Å²) >= 11 is 0. The number of hydrogen-bond donors (Lipinski definition) is 3. The fraction of sp³-hybridized carbons (Fsp3) is 0.185. The van der Waals surface area contributed by atoms with Gasteiger partial charge in [0.15, 0.2) is 0 Å². The zero-order chi connectivity index (χ0) is 24.1. The van der Waals surface area contributed by atoms with Crippen LogP contribution in [0.2, 0.25) is 0 Å². The lowest BCUT2D eigenvalue weighted by molar-refractivity contribution is -0.143. The Morgan fingerprint density at radius 2 is 1.85 bits per heavy atom. The second-order valence-electron chi connectivity index (χ2n) is 7.93. The number of carbonyl (C=O) groups excluding carboxylic acids is 2. The number of anilines is 2. The molecule has 0 saturated carbocycles. The molecule has 0 bridgehead atoms. The largest absolute Gasteiger partial charge is 0.466 e. The number of ether oxygens (including phenoxy) is 1. The number of carbonyl (C=O) groups is 2. The van der Waals surface area contributed by atoms with Crippen LogP contribution in [0.25, 0.3) is 11.3 Å². The second-order valence-corrected chi connectivity index (χ2v) is 7.93. The van der Waals surface area contributed by atoms with Gasteiger partial charge in [0, 0.05) is 24.2 Å². The fourth-order valence-electron chi connectivity index (χ4n) is 3.90. The van der Waals surface area contributed by atoms with Gasteiger partial charge in [0.05, 0.1) is 23.6 Å². The Kier molecular flexibility index (Phi) is 7.04. The molecule has 4 N–H and O–H groups in total. The van der Waals surface area contributed by atoms with Crippen molar-refractivity contribution in [2.75, 3.05) is 17.2 Å². The molecule has 1 aliphatic rings. The molecule has 0 fully saturated rings. The molecule has 0 atom stereocenters. The van der Waals surface area contributed by atoms with Gasteiger partial charge in [-0.2, -0.15) is 0 Å². The summed E-state index contributed by atoms with van der Waals surface area (Å²) in [5, 5.41) is 6.14. The second kappa shape index (κ2) is 10.3. The van der Waals surface area contributed by atoms with Crippen molar-refractivity contribution in [3.8, 4) is 0 Å². The molecule has 0 radical (unpaired) electrons. The molecule has 7 heteroatoms. The molecule has 34 heavy (non-hydrogen) atoms. The van der Waals surface area contributed by atoms with Gasteiger partial charge in [-0.15, -0.1) is 0 Å². The van der Waals surface area contributed by atoms with E-state index in [-0.39, 0.29) is 18.3 Å². The van der Waals surface area contributed by atoms with E-state index < -0.39 is 5.82 Å². The molecule has 6 nitrogen and oxygen atoms in total. The summed E-state index contributed by atoms with van der Waals surface area (Å²) in [4.78, 5) is 24.8. The van der Waals surface area contributed by atoms with Gasteiger partial charge in [-0.1, -0.05) is 30.3 Å². The predicted octanol–water partition coefficient (Wildman–Crippen LogP) is 4.71. The Labute approximate surface area is 197 Å². The highest BCUT2D eigenvalue weighted by Crippen LogP contribution is 2.38. The summed E-state index contributed by atoms with van der Waals surface area (Å²) in [5.74, 6) is -0.998. The molecular formula is C27H26FN3O3. The van der Waals surface area contributed by atoms with Crippen molar-refractivity contribution in [2.24, 2.45) is 5.73 Å². The zero-order valence-corrected chi connectivity index (χ0v) is 18.9. The van der Waals surface area contributed by atoms with Crippen LogP contribution in [-0.2, 0) is 27.3 Å². The van der Waals surface area contributed by atoms with Crippen LogP contribution in [0.5, 0.6) is 0 Å². The van der Waals surface area contributed by atoms with Gasteiger partial charge in [0.2, 0.25) is 0 Å². The van der Waals surface area contributed by atoms with Gasteiger partial charge in [-0.3, -0.25) is 9.59 Å². The Balaban J connectivity index is 1.76. The maximum absolute atomic E-state index is 13.8. The summed E-state index contributed by atoms with van der Waals surface area (Å²) in [6.45, 7) is 2.55. The molecule has 1 heterocycles. The smallest absolute Gasteiger partial charge is 0.306 e. The van der Waals surface area contributed by atoms with Crippen molar-refractivity contribution < 1.29 is 18.7 Å². The van der Waals surface area contributed by atoms with Gasteiger partial charge in [0.1, 0.15) is 5.82 Å². The highest BCUT2D eigenvalue weighted by molar-refractivity contribution is 6.37. The first kappa shape index (κ1) is 23.2. The predicted molar refractivity (Wildman–Crippen MR) is 131 cm³/mol. The molecule has 0 saturated heterocycles. The van der Waals surface area contributed by atoms with Crippen LogP contribution in [-0.4, -0.2) is 18.5 Å². The van der Waals surface area contributed by atoms with Crippen molar-refractivity contribution in [1.29, 1.82) is 0 Å². The standard InChI is InChI=1S/C27H26FN3O3/c1-2-34-24(32)13-8-17-4-3-5-19(14-17)26(30-21-10-6-18(16-29)7-11-21)25-22-12-9-20(28)15-23(22)31-27(25)33/h3-7,9-12,14-15,30H,2,8,13,16,29H2,1H3,(H,31,33). The Hall–Kier alpha value is -3.97. The fourth-order valence-corrected chi connectivity index (χ4v) is 3.90. The average molecular weight is 460 g/mol. The maximum atomic E-state index is 13.8. The van der Waals surface area contributed by atoms with Crippen molar-refractivity contribution in [2.45, 2.75) is 26.3 Å². The van der Waals surface area contributed by atoms with E-state index in [9.17, 15) is 14.0 Å². The lowest BCUT2D eigenvalue weighted by Crippen LogP contribution is -2.10. The number of nitrogens with two attached hydrogens (primary N) is 1. The van der Waals surface area contributed by atoms with Crippen molar-refractivity contribution in [3.63, 3.8) is 0 Å². The minimum Gasteiger partial charge on any atom is -0.466 e. The van der Waals surface area contributed by atoms with E-state index >= 15 is 0 Å². The Morgan fingerprint density at radius 3 is 2.59 bits per heavy atom. The minimum absolute atomic E-state index is 0.254. The van der Waals surface area contributed by atoms with E-state index in [0.29, 0.717) is 42.1 Å². The molecule has 0 unspecified atom stereocenters. The van der Waals surface area contributed by atoms with Gasteiger partial charge < -0.3 is 21.1 Å². The summed E-state index contributed by atoms with van der Waals surface area (Å²) in [7, 11) is 0. The molecule has 0 aliphatic carbocycles. The van der Waals surface area contributed by atoms with E-state index in [0.717, 1.165) is 22.4 Å². The molecule has 174 valence electrons. The summed E-state index contributed by atoms with van der Waals surface area (Å²) < 4.78 is 18.8. The summed E-state index contributed by atoms with van der Waals surface area (Å²) in [6.07, 6.45) is 0.772. The number of nitrogens with one attached hydrogen (secondary N) is 2. The number of esters is 1. The monoisotopic (exact) mass is 459 g/mol. The summed E-state index contributed by atoms with van der Waals surface area (Å²) in [6, 6.07) is 19.5. The normalized spacial score (nSPS) is 13.8. The maximum Gasteiger partial charge on any atom is 0.306 e. The van der Waals surface area contributed by atoms with E-state index in [1.54, 1.807) is 13.0 Å². The first-order chi connectivity index (χ1) is 16.5. The van der Waals surface area contributed by atoms with Gasteiger partial charge in [-0.25, -0.2) is 4.39 Å². The van der Waals surface area contributed by atoms with E-state index in [2.05, 4.69) is 10.6 Å². The van der Waals surface area contributed by atoms with Crippen molar-refractivity contribution >= 4 is 34.5 Å². The van der Waals surface area contributed by atoms with Crippen LogP contribution in [0.1, 0.15) is 35.6 Å². The first-order valence-electron chi connectivity index (χ1n) is 11.1. The third-order valence-corrected chi connectivity index (χ3v) is 5.57. The lowest BCUT2D eigenvalue weighted by Gasteiger charge is -2.16. The van der Waals surface area contributed by atoms with E-state index in [1.165, 1.54) is 12.1 Å². The number of rotatable bonds is 8.